The van der Waals surface area contributed by atoms with E-state index in [0.29, 0.717) is 38.8 Å². The van der Waals surface area contributed by atoms with Crippen molar-refractivity contribution in [2.75, 3.05) is 25.4 Å². The lowest BCUT2D eigenvalue weighted by Gasteiger charge is -2.41. The first-order valence-corrected chi connectivity index (χ1v) is 22.4. The topological polar surface area (TPSA) is 188 Å². The van der Waals surface area contributed by atoms with Crippen molar-refractivity contribution < 1.29 is 41.9 Å². The highest BCUT2D eigenvalue weighted by atomic mass is 32.2. The number of nitrogens with zero attached hydrogens (tertiary/aromatic N) is 2. The molecule has 4 atom stereocenters. The average molecular weight is 828 g/mol. The molecular weight excluding hydrogens is 763 g/mol. The van der Waals surface area contributed by atoms with Crippen molar-refractivity contribution in [1.82, 2.24) is 25.8 Å². The van der Waals surface area contributed by atoms with Crippen LogP contribution in [0, 0.1) is 11.3 Å². The van der Waals surface area contributed by atoms with Crippen LogP contribution >= 0.6 is 0 Å². The van der Waals surface area contributed by atoms with Gasteiger partial charge in [0.2, 0.25) is 11.7 Å². The quantitative estimate of drug-likeness (QED) is 0.161. The molecule has 1 aromatic carbocycles. The fourth-order valence-electron chi connectivity index (χ4n) is 8.13. The van der Waals surface area contributed by atoms with Gasteiger partial charge >= 0.3 is 12.1 Å². The van der Waals surface area contributed by atoms with Crippen LogP contribution in [0.3, 0.4) is 0 Å². The van der Waals surface area contributed by atoms with E-state index in [1.54, 1.807) is 46.4 Å². The lowest BCUT2D eigenvalue weighted by molar-refractivity contribution is -0.143. The van der Waals surface area contributed by atoms with Gasteiger partial charge in [0.05, 0.1) is 28.6 Å². The minimum Gasteiger partial charge on any atom is -0.444 e. The highest BCUT2D eigenvalue weighted by Gasteiger charge is 2.48. The summed E-state index contributed by atoms with van der Waals surface area (Å²) in [7, 11) is -3.63. The zero-order chi connectivity index (χ0) is 43.1. The van der Waals surface area contributed by atoms with Crippen molar-refractivity contribution in [2.24, 2.45) is 11.3 Å². The van der Waals surface area contributed by atoms with Gasteiger partial charge in [-0.15, -0.1) is 6.58 Å². The Bertz CT molecular complexity index is 1810. The Morgan fingerprint density at radius 1 is 1.00 bits per heavy atom. The van der Waals surface area contributed by atoms with Crippen molar-refractivity contribution in [2.45, 2.75) is 148 Å². The minimum absolute atomic E-state index is 0.0345. The summed E-state index contributed by atoms with van der Waals surface area (Å²) in [5.74, 6) is -3.80. The molecule has 0 bridgehead atoms. The second kappa shape index (κ2) is 19.2. The van der Waals surface area contributed by atoms with E-state index in [0.717, 1.165) is 30.4 Å². The zero-order valence-corrected chi connectivity index (χ0v) is 36.3. The van der Waals surface area contributed by atoms with E-state index in [-0.39, 0.29) is 38.1 Å². The Balaban J connectivity index is 1.60. The molecular formula is C43H65N5O9S. The van der Waals surface area contributed by atoms with E-state index in [2.05, 4.69) is 22.5 Å². The maximum absolute atomic E-state index is 14.8. The number of fused-ring (bicyclic) bond motifs is 1. The van der Waals surface area contributed by atoms with Crippen LogP contribution in [0.5, 0.6) is 0 Å². The number of sulfone groups is 1. The summed E-state index contributed by atoms with van der Waals surface area (Å²) >= 11 is 0. The molecule has 2 heterocycles. The molecule has 14 nitrogen and oxygen atoms in total. The number of benzene rings is 1. The first-order valence-electron chi connectivity index (χ1n) is 20.7. The summed E-state index contributed by atoms with van der Waals surface area (Å²) in [6.07, 6.45) is 4.40. The van der Waals surface area contributed by atoms with Crippen molar-refractivity contribution in [3.8, 4) is 0 Å². The SMILES string of the molecule is C=CCNC(=O)C(=O)C(CCC)CC(=O)[C@@H]1CC(OC(=O)N2CCc3ccccc3C2)CN1C(=O)[C@@H](NC(=O)NC1(CS(=O)(=O)C(C)(C)C)CCCCC1)C(C)(C)C. The Labute approximate surface area is 344 Å². The van der Waals surface area contributed by atoms with Gasteiger partial charge in [-0.2, -0.15) is 0 Å². The molecule has 0 radical (unpaired) electrons. The molecule has 0 spiro atoms. The first-order chi connectivity index (χ1) is 27.1. The molecule has 322 valence electrons. The van der Waals surface area contributed by atoms with Crippen LogP contribution in [0.2, 0.25) is 0 Å². The van der Waals surface area contributed by atoms with E-state index in [1.807, 2.05) is 31.2 Å². The van der Waals surface area contributed by atoms with Crippen molar-refractivity contribution >= 4 is 45.3 Å². The predicted octanol–water partition coefficient (Wildman–Crippen LogP) is 5.03. The molecule has 1 aromatic rings. The number of urea groups is 1. The largest absolute Gasteiger partial charge is 0.444 e. The van der Waals surface area contributed by atoms with Crippen molar-refractivity contribution in [3.05, 3.63) is 48.0 Å². The number of amides is 5. The smallest absolute Gasteiger partial charge is 0.410 e. The third kappa shape index (κ3) is 11.7. The third-order valence-electron chi connectivity index (χ3n) is 11.6. The normalized spacial score (nSPS) is 20.5. The van der Waals surface area contributed by atoms with E-state index in [1.165, 1.54) is 11.0 Å². The predicted molar refractivity (Wildman–Crippen MR) is 221 cm³/mol. The van der Waals surface area contributed by atoms with Crippen LogP contribution in [-0.2, 0) is 46.7 Å². The standard InChI is InChI=1S/C43H65N5O9S/c1-9-16-30(35(50)37(51)44-22-10-2)24-34(49)33-25-32(57-40(54)47-23-19-29-17-12-13-18-31(29)26-47)27-48(33)38(52)36(41(3,4)5)45-39(53)46-43(20-14-11-15-21-43)28-58(55,56)42(6,7)8/h10,12-13,17-18,30,32-33,36H,2,9,11,14-16,19-28H2,1,3-8H3,(H,44,51)(H2,45,46,53)/t30?,32?,33-,36+/m0/s1. The van der Waals surface area contributed by atoms with Gasteiger partial charge in [0, 0.05) is 38.4 Å². The number of hydrogen-bond acceptors (Lipinski definition) is 9. The summed E-state index contributed by atoms with van der Waals surface area (Å²) in [6.45, 7) is 16.3. The second-order valence-electron chi connectivity index (χ2n) is 18.3. The third-order valence-corrected chi connectivity index (χ3v) is 14.4. The fourth-order valence-corrected chi connectivity index (χ4v) is 9.65. The van der Waals surface area contributed by atoms with Gasteiger partial charge in [-0.25, -0.2) is 18.0 Å². The number of carbonyl (C=O) groups is 6. The fraction of sp³-hybridized carbons (Fsp3) is 0.674. The van der Waals surface area contributed by atoms with Crippen molar-refractivity contribution in [1.29, 1.82) is 0 Å². The minimum atomic E-state index is -3.63. The lowest BCUT2D eigenvalue weighted by Crippen LogP contribution is -2.63. The second-order valence-corrected chi connectivity index (χ2v) is 21.1. The highest BCUT2D eigenvalue weighted by Crippen LogP contribution is 2.34. The van der Waals surface area contributed by atoms with Crippen LogP contribution in [0.1, 0.15) is 117 Å². The number of carbonyl (C=O) groups excluding carboxylic acids is 6. The van der Waals surface area contributed by atoms with Crippen molar-refractivity contribution in [3.63, 3.8) is 0 Å². The van der Waals surface area contributed by atoms with Gasteiger partial charge in [-0.3, -0.25) is 19.2 Å². The molecule has 0 aromatic heterocycles. The number of ether oxygens (including phenoxy) is 1. The van der Waals surface area contributed by atoms with E-state index in [9.17, 15) is 37.2 Å². The number of likely N-dealkylation sites (tertiary alicyclic amines) is 1. The van der Waals surface area contributed by atoms with Crippen LogP contribution in [0.4, 0.5) is 9.59 Å². The molecule has 15 heteroatoms. The molecule has 2 aliphatic heterocycles. The summed E-state index contributed by atoms with van der Waals surface area (Å²) in [5, 5.41) is 8.30. The highest BCUT2D eigenvalue weighted by molar-refractivity contribution is 7.92. The summed E-state index contributed by atoms with van der Waals surface area (Å²) in [5.41, 5.74) is 0.242. The number of nitrogens with one attached hydrogen (secondary N) is 3. The number of rotatable bonds is 15. The maximum Gasteiger partial charge on any atom is 0.410 e. The molecule has 1 saturated carbocycles. The molecule has 2 unspecified atom stereocenters. The van der Waals surface area contributed by atoms with E-state index in [4.69, 9.17) is 4.74 Å². The first kappa shape index (κ1) is 46.4. The van der Waals surface area contributed by atoms with Crippen LogP contribution < -0.4 is 16.0 Å². The Hall–Kier alpha value is -4.27. The van der Waals surface area contributed by atoms with Gasteiger partial charge in [-0.05, 0) is 63.0 Å². The van der Waals surface area contributed by atoms with Gasteiger partial charge in [0.1, 0.15) is 12.1 Å². The van der Waals surface area contributed by atoms with Crippen LogP contribution in [-0.4, -0.2) is 108 Å². The molecule has 58 heavy (non-hydrogen) atoms. The Morgan fingerprint density at radius 3 is 2.26 bits per heavy atom. The Morgan fingerprint density at radius 2 is 1.66 bits per heavy atom. The molecule has 5 amide bonds. The average Bonchev–Trinajstić information content (AvgIpc) is 3.58. The molecule has 1 aliphatic carbocycles. The molecule has 1 saturated heterocycles. The number of Topliss-reactive ketones (excluding diaryl/α,β-unsaturated/α-hetero) is 2. The summed E-state index contributed by atoms with van der Waals surface area (Å²) in [6, 6.07) is 4.84. The Kier molecular flexibility index (Phi) is 15.4. The summed E-state index contributed by atoms with van der Waals surface area (Å²) < 4.78 is 31.8. The summed E-state index contributed by atoms with van der Waals surface area (Å²) in [4.78, 5) is 85.3. The number of ketones is 2. The van der Waals surface area contributed by atoms with Gasteiger partial charge in [-0.1, -0.05) is 83.7 Å². The van der Waals surface area contributed by atoms with Gasteiger partial charge in [0.15, 0.2) is 15.6 Å². The van der Waals surface area contributed by atoms with Crippen LogP contribution in [0.15, 0.2) is 36.9 Å². The van der Waals surface area contributed by atoms with E-state index >= 15 is 0 Å². The molecule has 2 fully saturated rings. The van der Waals surface area contributed by atoms with E-state index < -0.39 is 85.1 Å². The van der Waals surface area contributed by atoms with Gasteiger partial charge < -0.3 is 30.5 Å². The maximum atomic E-state index is 14.8. The number of hydrogen-bond donors (Lipinski definition) is 3. The van der Waals surface area contributed by atoms with Crippen LogP contribution in [0.25, 0.3) is 0 Å². The molecule has 3 N–H and O–H groups in total. The zero-order valence-electron chi connectivity index (χ0n) is 35.5. The lowest BCUT2D eigenvalue weighted by atomic mass is 9.83. The molecule has 3 aliphatic rings. The monoisotopic (exact) mass is 827 g/mol. The molecule has 4 rings (SSSR count). The van der Waals surface area contributed by atoms with Gasteiger partial charge in [0.25, 0.3) is 5.91 Å².